The Hall–Kier alpha value is -2.63. The van der Waals surface area contributed by atoms with E-state index in [1.807, 2.05) is 30.3 Å². The topological polar surface area (TPSA) is 83.6 Å². The molecule has 6 nitrogen and oxygen atoms in total. The van der Waals surface area contributed by atoms with Crippen molar-refractivity contribution >= 4 is 11.9 Å². The lowest BCUT2D eigenvalue weighted by Gasteiger charge is -2.24. The summed E-state index contributed by atoms with van der Waals surface area (Å²) in [6.07, 6.45) is 2.28. The van der Waals surface area contributed by atoms with Crippen LogP contribution in [0.15, 0.2) is 34.7 Å². The van der Waals surface area contributed by atoms with E-state index in [0.29, 0.717) is 17.5 Å². The molecule has 0 radical (unpaired) electrons. The van der Waals surface area contributed by atoms with Crippen molar-refractivity contribution in [2.45, 2.75) is 38.1 Å². The first-order valence-electron chi connectivity index (χ1n) is 7.98. The molecule has 0 unspecified atom stereocenters. The van der Waals surface area contributed by atoms with Gasteiger partial charge < -0.3 is 14.4 Å². The lowest BCUT2D eigenvalue weighted by molar-refractivity contribution is -0.141. The van der Waals surface area contributed by atoms with Crippen molar-refractivity contribution in [1.82, 2.24) is 9.88 Å². The number of aromatic nitrogens is 1. The average Bonchev–Trinajstić information content (AvgIpc) is 3.35. The van der Waals surface area contributed by atoms with Crippen molar-refractivity contribution in [2.24, 2.45) is 0 Å². The van der Waals surface area contributed by atoms with Gasteiger partial charge >= 0.3 is 5.97 Å². The zero-order valence-corrected chi connectivity index (χ0v) is 13.7. The van der Waals surface area contributed by atoms with E-state index in [4.69, 9.17) is 4.42 Å². The van der Waals surface area contributed by atoms with Gasteiger partial charge in [-0.2, -0.15) is 0 Å². The number of amides is 1. The lowest BCUT2D eigenvalue weighted by atomic mass is 10.0. The van der Waals surface area contributed by atoms with E-state index in [0.717, 1.165) is 18.4 Å². The molecule has 24 heavy (non-hydrogen) atoms. The number of carboxylic acids is 1. The fourth-order valence-electron chi connectivity index (χ4n) is 2.65. The summed E-state index contributed by atoms with van der Waals surface area (Å²) in [5.41, 5.74) is 1.37. The van der Waals surface area contributed by atoms with Crippen LogP contribution in [0.5, 0.6) is 0 Å². The molecule has 1 aromatic heterocycles. The molecule has 126 valence electrons. The molecule has 0 saturated heterocycles. The van der Waals surface area contributed by atoms with Gasteiger partial charge in [-0.25, -0.2) is 9.78 Å². The van der Waals surface area contributed by atoms with Gasteiger partial charge in [0.2, 0.25) is 5.76 Å². The zero-order chi connectivity index (χ0) is 17.3. The van der Waals surface area contributed by atoms with E-state index in [2.05, 4.69) is 4.98 Å². The average molecular weight is 328 g/mol. The highest BCUT2D eigenvalue weighted by atomic mass is 16.4. The minimum Gasteiger partial charge on any atom is -0.480 e. The summed E-state index contributed by atoms with van der Waals surface area (Å²) < 4.78 is 5.61. The number of oxazole rings is 1. The second kappa shape index (κ2) is 6.47. The van der Waals surface area contributed by atoms with Crippen LogP contribution in [0.1, 0.15) is 46.5 Å². The second-order valence-corrected chi connectivity index (χ2v) is 6.20. The van der Waals surface area contributed by atoms with Crippen molar-refractivity contribution in [3.8, 4) is 0 Å². The smallest absolute Gasteiger partial charge is 0.326 e. The largest absolute Gasteiger partial charge is 0.480 e. The summed E-state index contributed by atoms with van der Waals surface area (Å²) in [7, 11) is 1.49. The number of benzene rings is 1. The fraction of sp³-hybridized carbons (Fsp3) is 0.389. The first kappa shape index (κ1) is 16.2. The SMILES string of the molecule is Cc1nc(C2CC2)oc1C(=O)N(C)[C@H](Cc1ccccc1)C(=O)O. The number of carboxylic acid groups (broad SMARTS) is 1. The number of hydrogen-bond donors (Lipinski definition) is 1. The van der Waals surface area contributed by atoms with E-state index < -0.39 is 17.9 Å². The van der Waals surface area contributed by atoms with Crippen LogP contribution in [0.4, 0.5) is 0 Å². The first-order chi connectivity index (χ1) is 11.5. The number of nitrogens with zero attached hydrogens (tertiary/aromatic N) is 2. The predicted octanol–water partition coefficient (Wildman–Crippen LogP) is 2.63. The number of rotatable bonds is 6. The Morgan fingerprint density at radius 1 is 1.33 bits per heavy atom. The third-order valence-electron chi connectivity index (χ3n) is 4.28. The Balaban J connectivity index is 1.80. The van der Waals surface area contributed by atoms with E-state index in [9.17, 15) is 14.7 Å². The van der Waals surface area contributed by atoms with Gasteiger partial charge in [-0.3, -0.25) is 4.79 Å². The maximum atomic E-state index is 12.7. The van der Waals surface area contributed by atoms with Gasteiger partial charge in [-0.1, -0.05) is 30.3 Å². The van der Waals surface area contributed by atoms with Gasteiger partial charge in [-0.15, -0.1) is 0 Å². The molecular formula is C18H20N2O4. The number of likely N-dealkylation sites (N-methyl/N-ethyl adjacent to an activating group) is 1. The van der Waals surface area contributed by atoms with Crippen LogP contribution in [-0.4, -0.2) is 40.0 Å². The number of aliphatic carboxylic acids is 1. The third kappa shape index (κ3) is 3.32. The Labute approximate surface area is 140 Å². The molecule has 1 heterocycles. The molecule has 1 aromatic carbocycles. The van der Waals surface area contributed by atoms with Gasteiger partial charge in [0.25, 0.3) is 5.91 Å². The van der Waals surface area contributed by atoms with E-state index in [1.165, 1.54) is 11.9 Å². The van der Waals surface area contributed by atoms with Gasteiger partial charge in [0, 0.05) is 19.4 Å². The standard InChI is InChI=1S/C18H20N2O4/c1-11-15(24-16(19-11)13-8-9-13)17(21)20(2)14(18(22)23)10-12-6-4-3-5-7-12/h3-7,13-14H,8-10H2,1-2H3,(H,22,23)/t14-/m1/s1. The van der Waals surface area contributed by atoms with Gasteiger partial charge in [-0.05, 0) is 25.3 Å². The van der Waals surface area contributed by atoms with Crippen molar-refractivity contribution in [2.75, 3.05) is 7.05 Å². The van der Waals surface area contributed by atoms with E-state index in [1.54, 1.807) is 6.92 Å². The Morgan fingerprint density at radius 2 is 2.00 bits per heavy atom. The number of aryl methyl sites for hydroxylation is 1. The molecule has 0 spiro atoms. The highest BCUT2D eigenvalue weighted by molar-refractivity contribution is 5.95. The van der Waals surface area contributed by atoms with Crippen LogP contribution in [0, 0.1) is 6.92 Å². The summed E-state index contributed by atoms with van der Waals surface area (Å²) in [4.78, 5) is 29.9. The molecule has 6 heteroatoms. The molecule has 3 rings (SSSR count). The maximum absolute atomic E-state index is 12.7. The van der Waals surface area contributed by atoms with Gasteiger partial charge in [0.1, 0.15) is 6.04 Å². The maximum Gasteiger partial charge on any atom is 0.326 e. The molecule has 2 aromatic rings. The minimum absolute atomic E-state index is 0.138. The van der Waals surface area contributed by atoms with Crippen LogP contribution >= 0.6 is 0 Å². The minimum atomic E-state index is -1.05. The van der Waals surface area contributed by atoms with Crippen molar-refractivity contribution in [3.63, 3.8) is 0 Å². The first-order valence-corrected chi connectivity index (χ1v) is 7.98. The molecule has 1 amide bonds. The predicted molar refractivity (Wildman–Crippen MR) is 86.9 cm³/mol. The quantitative estimate of drug-likeness (QED) is 0.881. The molecular weight excluding hydrogens is 308 g/mol. The highest BCUT2D eigenvalue weighted by Crippen LogP contribution is 2.40. The van der Waals surface area contributed by atoms with Gasteiger partial charge in [0.15, 0.2) is 5.89 Å². The molecule has 1 saturated carbocycles. The molecule has 1 aliphatic rings. The normalized spacial score (nSPS) is 15.1. The molecule has 1 N–H and O–H groups in total. The Morgan fingerprint density at radius 3 is 2.58 bits per heavy atom. The summed E-state index contributed by atoms with van der Waals surface area (Å²) in [5, 5.41) is 9.53. The highest BCUT2D eigenvalue weighted by Gasteiger charge is 2.34. The molecule has 1 fully saturated rings. The monoisotopic (exact) mass is 328 g/mol. The fourth-order valence-corrected chi connectivity index (χ4v) is 2.65. The van der Waals surface area contributed by atoms with Crippen LogP contribution in [0.3, 0.4) is 0 Å². The number of hydrogen-bond acceptors (Lipinski definition) is 4. The summed E-state index contributed by atoms with van der Waals surface area (Å²) in [5.74, 6) is -0.474. The van der Waals surface area contributed by atoms with Crippen LogP contribution in [0.2, 0.25) is 0 Å². The number of carbonyl (C=O) groups excluding carboxylic acids is 1. The van der Waals surface area contributed by atoms with Crippen molar-refractivity contribution in [1.29, 1.82) is 0 Å². The summed E-state index contributed by atoms with van der Waals surface area (Å²) >= 11 is 0. The third-order valence-corrected chi connectivity index (χ3v) is 4.28. The van der Waals surface area contributed by atoms with E-state index >= 15 is 0 Å². The zero-order valence-electron chi connectivity index (χ0n) is 13.7. The lowest BCUT2D eigenvalue weighted by Crippen LogP contribution is -2.44. The summed E-state index contributed by atoms with van der Waals surface area (Å²) in [6, 6.07) is 8.29. The van der Waals surface area contributed by atoms with E-state index in [-0.39, 0.29) is 12.2 Å². The number of carbonyl (C=O) groups is 2. The molecule has 0 bridgehead atoms. The second-order valence-electron chi connectivity index (χ2n) is 6.20. The Kier molecular flexibility index (Phi) is 4.38. The summed E-state index contributed by atoms with van der Waals surface area (Å²) in [6.45, 7) is 1.71. The van der Waals surface area contributed by atoms with Crippen molar-refractivity contribution < 1.29 is 19.1 Å². The van der Waals surface area contributed by atoms with Crippen molar-refractivity contribution in [3.05, 3.63) is 53.2 Å². The molecule has 1 aliphatic carbocycles. The Bertz CT molecular complexity index is 750. The van der Waals surface area contributed by atoms with Gasteiger partial charge in [0.05, 0.1) is 5.69 Å². The van der Waals surface area contributed by atoms with Crippen LogP contribution in [0.25, 0.3) is 0 Å². The van der Waals surface area contributed by atoms with Crippen LogP contribution in [-0.2, 0) is 11.2 Å². The van der Waals surface area contributed by atoms with Crippen LogP contribution < -0.4 is 0 Å². The molecule has 0 aliphatic heterocycles. The molecule has 1 atom stereocenters.